The Morgan fingerprint density at radius 3 is 2.86 bits per heavy atom. The smallest absolute Gasteiger partial charge is 0.330 e. The van der Waals surface area contributed by atoms with Crippen LogP contribution in [0.3, 0.4) is 0 Å². The quantitative estimate of drug-likeness (QED) is 0.268. The molecule has 5 rings (SSSR count). The van der Waals surface area contributed by atoms with Gasteiger partial charge in [0.15, 0.2) is 5.13 Å². The van der Waals surface area contributed by atoms with E-state index in [1.54, 1.807) is 12.1 Å². The third kappa shape index (κ3) is 5.07. The number of aromatic nitrogens is 3. The zero-order valence-electron chi connectivity index (χ0n) is 19.5. The van der Waals surface area contributed by atoms with E-state index in [1.165, 1.54) is 30.8 Å². The van der Waals surface area contributed by atoms with Crippen LogP contribution in [0.15, 0.2) is 54.4 Å². The maximum atomic E-state index is 13.3. The second-order valence-corrected chi connectivity index (χ2v) is 9.67. The molecule has 36 heavy (non-hydrogen) atoms. The van der Waals surface area contributed by atoms with Crippen molar-refractivity contribution in [1.82, 2.24) is 15.0 Å². The van der Waals surface area contributed by atoms with Crippen LogP contribution in [0.25, 0.3) is 21.3 Å². The average Bonchev–Trinajstić information content (AvgIpc) is 3.25. The van der Waals surface area contributed by atoms with Gasteiger partial charge in [-0.1, -0.05) is 34.6 Å². The Bertz CT molecular complexity index is 1530. The Labute approximate surface area is 216 Å². The van der Waals surface area contributed by atoms with Crippen molar-refractivity contribution in [3.05, 3.63) is 76.3 Å². The number of carbonyl (C=O) groups is 2. The topological polar surface area (TPSA) is 103 Å². The first-order chi connectivity index (χ1) is 17.4. The van der Waals surface area contributed by atoms with Crippen LogP contribution in [0.5, 0.6) is 5.75 Å². The van der Waals surface area contributed by atoms with Gasteiger partial charge in [-0.3, -0.25) is 15.1 Å². The molecule has 0 fully saturated rings. The molecule has 0 unspecified atom stereocenters. The maximum absolute atomic E-state index is 13.3. The fourth-order valence-corrected chi connectivity index (χ4v) is 5.10. The Kier molecular flexibility index (Phi) is 6.67. The number of fused-ring (bicyclic) bond motifs is 1. The lowest BCUT2D eigenvalue weighted by atomic mass is 10.0. The van der Waals surface area contributed by atoms with E-state index in [1.807, 2.05) is 31.2 Å². The number of esters is 1. The number of benzene rings is 1. The lowest BCUT2D eigenvalue weighted by Gasteiger charge is -2.13. The number of hydrogen-bond acceptors (Lipinski definition) is 8. The largest absolute Gasteiger partial charge is 0.494 e. The van der Waals surface area contributed by atoms with E-state index in [4.69, 9.17) is 21.1 Å². The van der Waals surface area contributed by atoms with Crippen LogP contribution < -0.4 is 10.1 Å². The Hall–Kier alpha value is -3.82. The molecule has 1 aliphatic heterocycles. The average molecular weight is 521 g/mol. The van der Waals surface area contributed by atoms with Crippen molar-refractivity contribution in [2.45, 2.75) is 19.8 Å². The van der Waals surface area contributed by atoms with Crippen LogP contribution in [-0.2, 0) is 16.0 Å². The van der Waals surface area contributed by atoms with Crippen molar-refractivity contribution in [2.75, 3.05) is 19.0 Å². The summed E-state index contributed by atoms with van der Waals surface area (Å²) in [6.45, 7) is 2.26. The minimum absolute atomic E-state index is 0.287. The van der Waals surface area contributed by atoms with Crippen molar-refractivity contribution >= 4 is 50.2 Å². The lowest BCUT2D eigenvalue weighted by Crippen LogP contribution is -2.14. The summed E-state index contributed by atoms with van der Waals surface area (Å²) in [6.07, 6.45) is 6.01. The van der Waals surface area contributed by atoms with E-state index in [0.717, 1.165) is 33.5 Å². The number of ether oxygens (including phenoxy) is 2. The summed E-state index contributed by atoms with van der Waals surface area (Å²) in [5.74, 6) is -0.151. The van der Waals surface area contributed by atoms with Crippen molar-refractivity contribution in [3.8, 4) is 16.9 Å². The van der Waals surface area contributed by atoms with Gasteiger partial charge in [0.2, 0.25) is 0 Å². The van der Waals surface area contributed by atoms with Crippen LogP contribution >= 0.6 is 22.9 Å². The Balaban J connectivity index is 1.42. The number of halogens is 1. The Morgan fingerprint density at radius 1 is 1.19 bits per heavy atom. The molecule has 0 aliphatic carbocycles. The van der Waals surface area contributed by atoms with E-state index in [2.05, 4.69) is 20.3 Å². The summed E-state index contributed by atoms with van der Waals surface area (Å²) in [5.41, 5.74) is 5.25. The summed E-state index contributed by atoms with van der Waals surface area (Å²) in [7, 11) is 1.54. The van der Waals surface area contributed by atoms with Gasteiger partial charge in [0.1, 0.15) is 10.9 Å². The molecule has 182 valence electrons. The van der Waals surface area contributed by atoms with Gasteiger partial charge in [0.05, 0.1) is 35.7 Å². The number of aryl methyl sites for hydroxylation is 1. The molecule has 1 aromatic carbocycles. The SMILES string of the molecule is COc1cnc(Cl)cc1-c1cc(C)ncc1C(=O)Nc1nc2ccc(CC3=CC(=O)OCC3)cc2s1. The molecule has 0 saturated carbocycles. The number of hydrogen-bond donors (Lipinski definition) is 1. The van der Waals surface area contributed by atoms with E-state index in [0.29, 0.717) is 40.6 Å². The molecule has 0 atom stereocenters. The minimum Gasteiger partial charge on any atom is -0.494 e. The third-order valence-corrected chi connectivity index (χ3v) is 6.86. The molecule has 3 aromatic heterocycles. The number of rotatable bonds is 6. The van der Waals surface area contributed by atoms with Crippen molar-refractivity contribution < 1.29 is 19.1 Å². The number of carbonyl (C=O) groups excluding carboxylic acids is 2. The molecule has 0 radical (unpaired) electrons. The van der Waals surface area contributed by atoms with Crippen LogP contribution in [0, 0.1) is 6.92 Å². The first-order valence-electron chi connectivity index (χ1n) is 11.1. The molecular formula is C26H21ClN4O4S. The highest BCUT2D eigenvalue weighted by atomic mass is 35.5. The van der Waals surface area contributed by atoms with Gasteiger partial charge in [-0.15, -0.1) is 0 Å². The van der Waals surface area contributed by atoms with Crippen molar-refractivity contribution in [3.63, 3.8) is 0 Å². The van der Waals surface area contributed by atoms with Crippen molar-refractivity contribution in [2.24, 2.45) is 0 Å². The fraction of sp³-hybridized carbons (Fsp3) is 0.192. The van der Waals surface area contributed by atoms with Crippen molar-refractivity contribution in [1.29, 1.82) is 0 Å². The number of amides is 1. The number of anilines is 1. The maximum Gasteiger partial charge on any atom is 0.330 e. The van der Waals surface area contributed by atoms with Crippen LogP contribution in [0.1, 0.15) is 28.0 Å². The van der Waals surface area contributed by atoms with Crippen LogP contribution in [0.2, 0.25) is 5.15 Å². The fourth-order valence-electron chi connectivity index (χ4n) is 4.02. The van der Waals surface area contributed by atoms with Gasteiger partial charge in [-0.05, 0) is 43.2 Å². The highest BCUT2D eigenvalue weighted by molar-refractivity contribution is 7.22. The first-order valence-corrected chi connectivity index (χ1v) is 12.3. The summed E-state index contributed by atoms with van der Waals surface area (Å²) in [6, 6.07) is 9.40. The van der Waals surface area contributed by atoms with Crippen LogP contribution in [-0.4, -0.2) is 40.5 Å². The zero-order valence-corrected chi connectivity index (χ0v) is 21.1. The van der Waals surface area contributed by atoms with Gasteiger partial charge in [-0.2, -0.15) is 0 Å². The summed E-state index contributed by atoms with van der Waals surface area (Å²) in [5, 5.41) is 3.66. The molecule has 4 aromatic rings. The lowest BCUT2D eigenvalue weighted by molar-refractivity contribution is -0.138. The predicted molar refractivity (Wildman–Crippen MR) is 139 cm³/mol. The van der Waals surface area contributed by atoms with E-state index < -0.39 is 0 Å². The molecule has 8 nitrogen and oxygen atoms in total. The van der Waals surface area contributed by atoms with Gasteiger partial charge in [0.25, 0.3) is 5.91 Å². The normalized spacial score (nSPS) is 13.3. The van der Waals surface area contributed by atoms with Gasteiger partial charge >= 0.3 is 5.97 Å². The first kappa shape index (κ1) is 23.9. The molecule has 10 heteroatoms. The Morgan fingerprint density at radius 2 is 2.06 bits per heavy atom. The number of pyridine rings is 2. The number of methoxy groups -OCH3 is 1. The highest BCUT2D eigenvalue weighted by Crippen LogP contribution is 2.35. The monoisotopic (exact) mass is 520 g/mol. The number of cyclic esters (lactones) is 1. The molecule has 0 spiro atoms. The molecule has 0 saturated heterocycles. The minimum atomic E-state index is -0.349. The number of nitrogens with zero attached hydrogens (tertiary/aromatic N) is 3. The number of thiazole rings is 1. The van der Waals surface area contributed by atoms with Gasteiger partial charge in [-0.25, -0.2) is 14.8 Å². The second-order valence-electron chi connectivity index (χ2n) is 8.25. The summed E-state index contributed by atoms with van der Waals surface area (Å²) < 4.78 is 11.4. The van der Waals surface area contributed by atoms with E-state index in [-0.39, 0.29) is 17.0 Å². The second kappa shape index (κ2) is 10.0. The molecule has 0 bridgehead atoms. The van der Waals surface area contributed by atoms with E-state index >= 15 is 0 Å². The van der Waals surface area contributed by atoms with Gasteiger partial charge < -0.3 is 9.47 Å². The van der Waals surface area contributed by atoms with Crippen LogP contribution in [0.4, 0.5) is 5.13 Å². The zero-order chi connectivity index (χ0) is 25.2. The molecule has 1 N–H and O–H groups in total. The third-order valence-electron chi connectivity index (χ3n) is 5.72. The van der Waals surface area contributed by atoms with Gasteiger partial charge in [0, 0.05) is 35.5 Å². The molecule has 1 aliphatic rings. The molecule has 4 heterocycles. The predicted octanol–water partition coefficient (Wildman–Crippen LogP) is 5.39. The number of nitrogens with one attached hydrogen (secondary N) is 1. The standard InChI is InChI=1S/C26H21ClN4O4S/c1-14-7-17(18-11-23(27)29-13-21(18)34-2)19(12-28-14)25(33)31-26-30-20-4-3-15(9-22(20)36-26)8-16-5-6-35-24(32)10-16/h3-4,7,9-13H,5-6,8H2,1-2H3,(H,30,31,33). The summed E-state index contributed by atoms with van der Waals surface area (Å²) in [4.78, 5) is 37.8. The molecule has 1 amide bonds. The molecular weight excluding hydrogens is 500 g/mol. The highest BCUT2D eigenvalue weighted by Gasteiger charge is 2.19. The summed E-state index contributed by atoms with van der Waals surface area (Å²) >= 11 is 7.52. The van der Waals surface area contributed by atoms with E-state index in [9.17, 15) is 9.59 Å².